The van der Waals surface area contributed by atoms with Crippen molar-refractivity contribution in [2.45, 2.75) is 96.6 Å². The smallest absolute Gasteiger partial charge is 0.355 e. The molecule has 2 fully saturated rings. The highest BCUT2D eigenvalue weighted by atomic mass is 32.2. The predicted octanol–water partition coefficient (Wildman–Crippen LogP) is 6.64. The highest BCUT2D eigenvalue weighted by molar-refractivity contribution is 7.93. The van der Waals surface area contributed by atoms with Crippen LogP contribution in [0.5, 0.6) is 11.5 Å². The average molecular weight is 1120 g/mol. The number of piperidine rings is 1. The first kappa shape index (κ1) is 56.6. The van der Waals surface area contributed by atoms with Gasteiger partial charge in [0, 0.05) is 38.2 Å². The van der Waals surface area contributed by atoms with Crippen molar-refractivity contribution >= 4 is 62.3 Å². The van der Waals surface area contributed by atoms with Gasteiger partial charge in [-0.15, -0.1) is 11.3 Å². The molecule has 0 saturated carbocycles. The van der Waals surface area contributed by atoms with Crippen LogP contribution in [0, 0.1) is 18.2 Å². The van der Waals surface area contributed by atoms with Crippen LogP contribution in [0.15, 0.2) is 90.6 Å². The number of H-pyrrole nitrogens is 1. The summed E-state index contributed by atoms with van der Waals surface area (Å²) < 4.78 is 78.8. The molecule has 2 aliphatic rings. The van der Waals surface area contributed by atoms with Crippen molar-refractivity contribution in [3.8, 4) is 33.2 Å². The molecule has 0 radical (unpaired) electrons. The van der Waals surface area contributed by atoms with Crippen molar-refractivity contribution in [2.24, 2.45) is 11.1 Å². The Kier molecular flexibility index (Phi) is 17.4. The number of ether oxygens (including phenoxy) is 2. The molecular weight excluding hydrogens is 1060 g/mol. The number of aromatic nitrogens is 4. The molecule has 4 atom stereocenters. The fourth-order valence-corrected chi connectivity index (χ4v) is 10.5. The Labute approximate surface area is 452 Å². The Balaban J connectivity index is 0.839. The summed E-state index contributed by atoms with van der Waals surface area (Å²) in [5.41, 5.74) is 10.1. The number of amides is 4. The van der Waals surface area contributed by atoms with Crippen molar-refractivity contribution in [1.29, 1.82) is 0 Å². The van der Waals surface area contributed by atoms with Crippen LogP contribution in [-0.4, -0.2) is 123 Å². The second kappa shape index (κ2) is 24.0. The van der Waals surface area contributed by atoms with Gasteiger partial charge in [-0.2, -0.15) is 13.9 Å². The van der Waals surface area contributed by atoms with Crippen LogP contribution in [0.1, 0.15) is 80.2 Å². The van der Waals surface area contributed by atoms with Crippen LogP contribution in [0.3, 0.4) is 0 Å². The molecule has 6 aromatic rings. The van der Waals surface area contributed by atoms with E-state index in [0.29, 0.717) is 37.2 Å². The number of rotatable bonds is 20. The quantitative estimate of drug-likeness (QED) is 0.0422. The van der Waals surface area contributed by atoms with Gasteiger partial charge >= 0.3 is 5.76 Å². The Morgan fingerprint density at radius 3 is 2.31 bits per heavy atom. The molecule has 3 aromatic carbocycles. The average Bonchev–Trinajstić information content (AvgIpc) is 4.18. The zero-order chi connectivity index (χ0) is 56.1. The summed E-state index contributed by atoms with van der Waals surface area (Å²) in [6.07, 6.45) is 0.745. The molecule has 0 aliphatic carbocycles. The number of halogens is 3. The Bertz CT molecular complexity index is 3220. The number of primary amides is 1. The van der Waals surface area contributed by atoms with Crippen molar-refractivity contribution in [2.75, 3.05) is 36.2 Å². The number of hydrogen-bond donors (Lipinski definition) is 7. The monoisotopic (exact) mass is 1120 g/mol. The molecular formula is C53H60F3N11O9S2. The zero-order valence-electron chi connectivity index (χ0n) is 43.3. The van der Waals surface area contributed by atoms with Crippen molar-refractivity contribution in [3.05, 3.63) is 119 Å². The maximum Gasteiger partial charge on any atom is 0.355 e. The lowest BCUT2D eigenvalue weighted by molar-refractivity contribution is -0.144. The Morgan fingerprint density at radius 2 is 1.68 bits per heavy atom. The molecule has 20 nitrogen and oxygen atoms in total. The number of nitrogens with zero attached hydrogens (tertiary/aromatic N) is 5. The summed E-state index contributed by atoms with van der Waals surface area (Å²) in [6.45, 7) is 10.3. The first-order valence-electron chi connectivity index (χ1n) is 24.9. The first-order valence-corrected chi connectivity index (χ1v) is 27.4. The van der Waals surface area contributed by atoms with E-state index in [9.17, 15) is 45.9 Å². The molecule has 8 N–H and O–H groups in total. The minimum absolute atomic E-state index is 0.0172. The summed E-state index contributed by atoms with van der Waals surface area (Å²) in [4.78, 5) is 67.4. The Morgan fingerprint density at radius 1 is 0.974 bits per heavy atom. The lowest BCUT2D eigenvalue weighted by atomic mass is 9.85. The van der Waals surface area contributed by atoms with E-state index in [2.05, 4.69) is 36.1 Å². The van der Waals surface area contributed by atoms with E-state index in [0.717, 1.165) is 21.7 Å². The number of aromatic amines is 1. The number of nitrogens with one attached hydrogen (secondary N) is 5. The number of nitrogens with two attached hydrogens (primary N) is 1. The fraction of sp³-hybridized carbons (Fsp3) is 0.377. The summed E-state index contributed by atoms with van der Waals surface area (Å²) in [7, 11) is -5.13. The van der Waals surface area contributed by atoms with Gasteiger partial charge in [-0.3, -0.25) is 33.9 Å². The number of β-amino-alcohol motifs (C(OH)–C–C–N with tert-alkyl or cyclic N) is 1. The van der Waals surface area contributed by atoms with Crippen molar-refractivity contribution in [3.63, 3.8) is 0 Å². The number of thiazole rings is 1. The van der Waals surface area contributed by atoms with E-state index < -0.39 is 69.0 Å². The fourth-order valence-electron chi connectivity index (χ4n) is 9.14. The van der Waals surface area contributed by atoms with E-state index in [-0.39, 0.29) is 78.0 Å². The van der Waals surface area contributed by atoms with Crippen molar-refractivity contribution < 1.29 is 55.3 Å². The topological polar surface area (TPSA) is 276 Å². The summed E-state index contributed by atoms with van der Waals surface area (Å²) in [6, 6.07) is 18.3. The number of hydrogen-bond acceptors (Lipinski definition) is 15. The van der Waals surface area contributed by atoms with E-state index in [1.165, 1.54) is 53.6 Å². The third-order valence-electron chi connectivity index (χ3n) is 13.3. The number of anilines is 3. The van der Waals surface area contributed by atoms with Crippen molar-refractivity contribution in [1.82, 2.24) is 40.6 Å². The van der Waals surface area contributed by atoms with Crippen LogP contribution in [0.25, 0.3) is 21.7 Å². The number of carbonyl (C=O) groups is 4. The number of aliphatic hydroxyl groups excluding tert-OH is 1. The van der Waals surface area contributed by atoms with E-state index in [4.69, 9.17) is 15.2 Å². The predicted molar refractivity (Wildman–Crippen MR) is 286 cm³/mol. The molecule has 2 aliphatic heterocycles. The number of benzene rings is 3. The van der Waals surface area contributed by atoms with Gasteiger partial charge in [0.2, 0.25) is 17.7 Å². The number of sulfonamides is 1. The van der Waals surface area contributed by atoms with Crippen LogP contribution in [-0.2, 0) is 31.0 Å². The molecule has 3 aromatic heterocycles. The van der Waals surface area contributed by atoms with Crippen LogP contribution < -0.4 is 35.9 Å². The maximum absolute atomic E-state index is 14.2. The number of carbonyl (C=O) groups excluding carboxylic acids is 4. The van der Waals surface area contributed by atoms with Gasteiger partial charge in [-0.05, 0) is 85.2 Å². The molecule has 5 heterocycles. The van der Waals surface area contributed by atoms with Gasteiger partial charge in [0.05, 0.1) is 46.3 Å². The third kappa shape index (κ3) is 13.7. The van der Waals surface area contributed by atoms with Gasteiger partial charge in [-0.1, -0.05) is 63.2 Å². The van der Waals surface area contributed by atoms with E-state index in [1.54, 1.807) is 35.9 Å². The van der Waals surface area contributed by atoms with Gasteiger partial charge in [-0.25, -0.2) is 22.8 Å². The van der Waals surface area contributed by atoms with Crippen LogP contribution in [0.4, 0.5) is 30.5 Å². The van der Waals surface area contributed by atoms with Crippen LogP contribution in [0.2, 0.25) is 0 Å². The largest absolute Gasteiger partial charge is 0.489 e. The lowest BCUT2D eigenvalue weighted by Gasteiger charge is -2.36. The van der Waals surface area contributed by atoms with Crippen LogP contribution >= 0.6 is 11.3 Å². The highest BCUT2D eigenvalue weighted by Crippen LogP contribution is 2.38. The molecule has 2 saturated heterocycles. The van der Waals surface area contributed by atoms with Gasteiger partial charge in [0.15, 0.2) is 5.82 Å². The molecule has 0 spiro atoms. The maximum atomic E-state index is 14.2. The summed E-state index contributed by atoms with van der Waals surface area (Å²) in [5.74, 6) is -5.89. The number of likely N-dealkylation sites (tertiary alicyclic amines) is 2. The van der Waals surface area contributed by atoms with E-state index in [1.807, 2.05) is 61.6 Å². The molecule has 0 unspecified atom stereocenters. The standard InChI is InChI=1S/C53H60F3N11O9S2/c1-29-46(77-28-60-29)33-8-6-31(7-9-33)24-59-50(71)40-23-36(68)26-67(40)51(72)47(53(3,4)5)62-43(69)27-66-20-18-37(19-21-66)76-38-15-17-42(58-25-38)61-49-44(48(57)70)45(63-64-49)34-12-16-39(65-78(73,74)52(55)56)41(22-34)75-30(2)32-10-13-35(54)14-11-32/h6-17,22,25,28,30,36-37,40,47,52,65,68H,18-21,23-24,26-27H2,1-5H3,(H2,57,70)(H,59,71)(H,62,69)(H2,58,61,63,64)/t30-,36+,40-,47+/m0/s1. The summed E-state index contributed by atoms with van der Waals surface area (Å²) >= 11 is 1.55. The Hall–Kier alpha value is -7.61. The van der Waals surface area contributed by atoms with E-state index >= 15 is 0 Å². The minimum atomic E-state index is -5.13. The molecule has 25 heteroatoms. The molecule has 0 bridgehead atoms. The number of aliphatic hydroxyl groups is 1. The minimum Gasteiger partial charge on any atom is -0.489 e. The second-order valence-electron chi connectivity index (χ2n) is 20.2. The highest BCUT2D eigenvalue weighted by Gasteiger charge is 2.44. The zero-order valence-corrected chi connectivity index (χ0v) is 44.9. The molecule has 4 amide bonds. The van der Waals surface area contributed by atoms with Gasteiger partial charge in [0.25, 0.3) is 15.9 Å². The number of aryl methyl sites for hydroxylation is 1. The first-order chi connectivity index (χ1) is 37.0. The summed E-state index contributed by atoms with van der Waals surface area (Å²) in [5, 5.41) is 26.4. The number of alkyl halides is 2. The SMILES string of the molecule is Cc1ncsc1-c1ccc(CNC(=O)[C@@H]2C[C@@H](O)CN2C(=O)[C@@H](NC(=O)CN2CCC(Oc3ccc(Nc4n[nH]c(-c5ccc(NS(=O)(=O)C(F)F)c(O[C@@H](C)c6ccc(F)cc6)c5)c4C(N)=O)nc3)CC2)C(C)(C)C)cc1. The van der Waals surface area contributed by atoms with Gasteiger partial charge in [0.1, 0.15) is 53.0 Å². The lowest BCUT2D eigenvalue weighted by Crippen LogP contribution is -2.59. The molecule has 8 rings (SSSR count). The number of pyridine rings is 1. The second-order valence-corrected chi connectivity index (χ2v) is 22.7. The molecule has 78 heavy (non-hydrogen) atoms. The molecule has 414 valence electrons. The van der Waals surface area contributed by atoms with Gasteiger partial charge < -0.3 is 41.2 Å². The normalized spacial score (nSPS) is 17.1. The third-order valence-corrected chi connectivity index (χ3v) is 15.3.